The van der Waals surface area contributed by atoms with E-state index in [1.54, 1.807) is 0 Å². The number of benzene rings is 2. The number of halogens is 3. The average Bonchev–Trinajstić information content (AvgIpc) is 3.36. The van der Waals surface area contributed by atoms with E-state index in [9.17, 15) is 22.8 Å². The van der Waals surface area contributed by atoms with E-state index in [1.807, 2.05) is 55.7 Å². The molecule has 196 valence electrons. The SMILES string of the molecule is CC(=O)OC(C)[SH]1C=C(OC(c2ccccc2)c2nn(-c3ccc(C(F)(F)F)cc3)c(=O)n2C)C=C1C. The number of carbonyl (C=O) groups is 1. The maximum absolute atomic E-state index is 13.1. The molecule has 2 heterocycles. The highest BCUT2D eigenvalue weighted by Gasteiger charge is 2.31. The van der Waals surface area contributed by atoms with Crippen molar-refractivity contribution in [1.29, 1.82) is 0 Å². The van der Waals surface area contributed by atoms with Gasteiger partial charge >= 0.3 is 17.8 Å². The molecule has 3 aromatic rings. The first-order chi connectivity index (χ1) is 17.5. The number of thiol groups is 1. The lowest BCUT2D eigenvalue weighted by molar-refractivity contribution is -0.142. The highest BCUT2D eigenvalue weighted by atomic mass is 32.2. The minimum Gasteiger partial charge on any atom is -0.477 e. The fraction of sp³-hybridized carbons (Fsp3) is 0.269. The summed E-state index contributed by atoms with van der Waals surface area (Å²) in [6.07, 6.45) is -3.41. The summed E-state index contributed by atoms with van der Waals surface area (Å²) in [7, 11) is 0.612. The predicted molar refractivity (Wildman–Crippen MR) is 135 cm³/mol. The minimum atomic E-state index is -4.49. The van der Waals surface area contributed by atoms with Gasteiger partial charge in [0.2, 0.25) is 0 Å². The average molecular weight is 534 g/mol. The maximum atomic E-state index is 13.1. The van der Waals surface area contributed by atoms with Crippen LogP contribution in [0.25, 0.3) is 5.69 Å². The van der Waals surface area contributed by atoms with Gasteiger partial charge in [-0.2, -0.15) is 28.7 Å². The normalized spacial score (nSPS) is 18.1. The molecule has 37 heavy (non-hydrogen) atoms. The molecule has 3 atom stereocenters. The molecule has 0 amide bonds. The summed E-state index contributed by atoms with van der Waals surface area (Å²) < 4.78 is 53.0. The zero-order valence-corrected chi connectivity index (χ0v) is 21.5. The van der Waals surface area contributed by atoms with Crippen LogP contribution < -0.4 is 5.69 Å². The Morgan fingerprint density at radius 3 is 2.32 bits per heavy atom. The summed E-state index contributed by atoms with van der Waals surface area (Å²) in [4.78, 5) is 25.5. The summed E-state index contributed by atoms with van der Waals surface area (Å²) in [6.45, 7) is 5.13. The van der Waals surface area contributed by atoms with Crippen LogP contribution in [0.1, 0.15) is 43.8 Å². The smallest absolute Gasteiger partial charge is 0.416 e. The Morgan fingerprint density at radius 2 is 1.73 bits per heavy atom. The van der Waals surface area contributed by atoms with Gasteiger partial charge in [-0.15, -0.1) is 5.10 Å². The number of aromatic nitrogens is 3. The molecule has 1 aliphatic rings. The molecule has 3 unspecified atom stereocenters. The van der Waals surface area contributed by atoms with Gasteiger partial charge < -0.3 is 9.47 Å². The Balaban J connectivity index is 1.71. The quantitative estimate of drug-likeness (QED) is 0.327. The third-order valence-electron chi connectivity index (χ3n) is 5.80. The summed E-state index contributed by atoms with van der Waals surface area (Å²) in [5.74, 6) is 0.455. The molecule has 0 radical (unpaired) electrons. The van der Waals surface area contributed by atoms with Crippen molar-refractivity contribution in [3.05, 3.63) is 104 Å². The lowest BCUT2D eigenvalue weighted by atomic mass is 10.1. The van der Waals surface area contributed by atoms with Crippen molar-refractivity contribution in [1.82, 2.24) is 14.3 Å². The van der Waals surface area contributed by atoms with Crippen molar-refractivity contribution in [2.45, 2.75) is 38.5 Å². The van der Waals surface area contributed by atoms with E-state index in [2.05, 4.69) is 5.10 Å². The van der Waals surface area contributed by atoms with Crippen LogP contribution in [-0.2, 0) is 27.5 Å². The molecule has 11 heteroatoms. The predicted octanol–water partition coefficient (Wildman–Crippen LogP) is 5.36. The van der Waals surface area contributed by atoms with Crippen LogP contribution in [-0.4, -0.2) is 25.8 Å². The number of hydrogen-bond acceptors (Lipinski definition) is 5. The fourth-order valence-corrected chi connectivity index (χ4v) is 5.92. The molecule has 0 N–H and O–H groups in total. The number of allylic oxidation sites excluding steroid dienone is 2. The highest BCUT2D eigenvalue weighted by Crippen LogP contribution is 2.48. The lowest BCUT2D eigenvalue weighted by Gasteiger charge is -2.22. The van der Waals surface area contributed by atoms with Gasteiger partial charge in [0.05, 0.1) is 11.3 Å². The van der Waals surface area contributed by atoms with Crippen LogP contribution in [0.5, 0.6) is 0 Å². The van der Waals surface area contributed by atoms with Gasteiger partial charge in [-0.25, -0.2) is 4.79 Å². The molecule has 0 bridgehead atoms. The Bertz CT molecular complexity index is 1410. The standard InChI is InChI=1S/C26H26F3N3O4S/c1-16-14-22(15-37(16)18(3)35-17(2)33)36-23(19-8-6-5-7-9-19)24-30-32(25(34)31(24)4)21-12-10-20(11-13-21)26(27,28)29/h5-15,18,23,37H,1-4H3. The van der Waals surface area contributed by atoms with Crippen LogP contribution in [0.15, 0.2) is 81.5 Å². The van der Waals surface area contributed by atoms with Gasteiger partial charge in [-0.3, -0.25) is 9.36 Å². The Kier molecular flexibility index (Phi) is 7.35. The largest absolute Gasteiger partial charge is 0.477 e. The van der Waals surface area contributed by atoms with Crippen LogP contribution in [0, 0.1) is 0 Å². The molecule has 4 rings (SSSR count). The third-order valence-corrected chi connectivity index (χ3v) is 8.16. The van der Waals surface area contributed by atoms with E-state index >= 15 is 0 Å². The van der Waals surface area contributed by atoms with Gasteiger partial charge in [-0.1, -0.05) is 30.3 Å². The van der Waals surface area contributed by atoms with Crippen LogP contribution in [0.4, 0.5) is 13.2 Å². The molecule has 2 aromatic carbocycles. The van der Waals surface area contributed by atoms with Crippen LogP contribution in [0.2, 0.25) is 0 Å². The lowest BCUT2D eigenvalue weighted by Crippen LogP contribution is -2.23. The molecular formula is C26H26F3N3O4S. The monoisotopic (exact) mass is 533 g/mol. The second-order valence-electron chi connectivity index (χ2n) is 8.50. The zero-order valence-electron chi connectivity index (χ0n) is 20.6. The van der Waals surface area contributed by atoms with E-state index in [0.29, 0.717) is 5.76 Å². The van der Waals surface area contributed by atoms with E-state index in [0.717, 1.165) is 27.3 Å². The van der Waals surface area contributed by atoms with Crippen LogP contribution >= 0.6 is 10.9 Å². The maximum Gasteiger partial charge on any atom is 0.416 e. The second-order valence-corrected chi connectivity index (χ2v) is 11.0. The molecule has 0 saturated heterocycles. The molecule has 1 aliphatic heterocycles. The first-order valence-corrected chi connectivity index (χ1v) is 12.8. The van der Waals surface area contributed by atoms with Gasteiger partial charge in [0, 0.05) is 24.9 Å². The van der Waals surface area contributed by atoms with E-state index in [-0.39, 0.29) is 22.9 Å². The molecule has 7 nitrogen and oxygen atoms in total. The van der Waals surface area contributed by atoms with Gasteiger partial charge in [-0.05, 0) is 49.1 Å². The summed E-state index contributed by atoms with van der Waals surface area (Å²) >= 11 is 0. The number of alkyl halides is 3. The first-order valence-electron chi connectivity index (χ1n) is 11.4. The first kappa shape index (κ1) is 26.3. The number of hydrogen-bond donors (Lipinski definition) is 1. The third kappa shape index (κ3) is 5.66. The topological polar surface area (TPSA) is 75.3 Å². The number of esters is 1. The Hall–Kier alpha value is -3.73. The van der Waals surface area contributed by atoms with Crippen molar-refractivity contribution < 1.29 is 27.4 Å². The van der Waals surface area contributed by atoms with E-state index in [1.165, 1.54) is 30.7 Å². The minimum absolute atomic E-state index is 0.196. The number of carbonyl (C=O) groups excluding carboxylic acids is 1. The van der Waals surface area contributed by atoms with Crippen molar-refractivity contribution in [2.24, 2.45) is 7.05 Å². The molecule has 0 fully saturated rings. The van der Waals surface area contributed by atoms with Gasteiger partial charge in [0.1, 0.15) is 11.2 Å². The van der Waals surface area contributed by atoms with Crippen molar-refractivity contribution in [3.8, 4) is 5.69 Å². The summed E-state index contributed by atoms with van der Waals surface area (Å²) in [6, 6.07) is 13.4. The second kappa shape index (κ2) is 10.3. The fourth-order valence-electron chi connectivity index (χ4n) is 3.98. The molecule has 0 saturated carbocycles. The molecule has 1 aromatic heterocycles. The van der Waals surface area contributed by atoms with Gasteiger partial charge in [0.15, 0.2) is 11.9 Å². The summed E-state index contributed by atoms with van der Waals surface area (Å²) in [5, 5.41) is 6.37. The molecule has 0 aliphatic carbocycles. The van der Waals surface area contributed by atoms with E-state index in [4.69, 9.17) is 9.47 Å². The number of ether oxygens (including phenoxy) is 2. The molecular weight excluding hydrogens is 507 g/mol. The van der Waals surface area contributed by atoms with Crippen molar-refractivity contribution in [3.63, 3.8) is 0 Å². The number of nitrogens with zero attached hydrogens (tertiary/aromatic N) is 3. The Morgan fingerprint density at radius 1 is 1.08 bits per heavy atom. The van der Waals surface area contributed by atoms with Crippen molar-refractivity contribution in [2.75, 3.05) is 0 Å². The van der Waals surface area contributed by atoms with Crippen molar-refractivity contribution >= 4 is 16.9 Å². The summed E-state index contributed by atoms with van der Waals surface area (Å²) in [5.41, 5.74) is -0.756. The van der Waals surface area contributed by atoms with E-state index < -0.39 is 34.4 Å². The Labute approximate surface area is 214 Å². The highest BCUT2D eigenvalue weighted by molar-refractivity contribution is 8.23. The molecule has 0 spiro atoms. The van der Waals surface area contributed by atoms with Crippen LogP contribution in [0.3, 0.4) is 0 Å². The number of rotatable bonds is 7. The van der Waals surface area contributed by atoms with Gasteiger partial charge in [0.25, 0.3) is 0 Å². The zero-order chi connectivity index (χ0) is 26.9.